The predicted molar refractivity (Wildman–Crippen MR) is 45.7 cm³/mol. The summed E-state index contributed by atoms with van der Waals surface area (Å²) in [4.78, 5) is 13.1. The van der Waals surface area contributed by atoms with E-state index in [1.54, 1.807) is 0 Å². The molecule has 0 aromatic carbocycles. The summed E-state index contributed by atoms with van der Waals surface area (Å²) in [6, 6.07) is 0. The molecule has 4 nitrogen and oxygen atoms in total. The lowest BCUT2D eigenvalue weighted by Crippen LogP contribution is -2.43. The summed E-state index contributed by atoms with van der Waals surface area (Å²) in [6.45, 7) is 5.92. The molecule has 0 atom stereocenters. The Morgan fingerprint density at radius 3 is 2.75 bits per heavy atom. The zero-order valence-corrected chi connectivity index (χ0v) is 7.51. The Morgan fingerprint density at radius 2 is 2.17 bits per heavy atom. The van der Waals surface area contributed by atoms with E-state index in [9.17, 15) is 4.79 Å². The van der Waals surface area contributed by atoms with E-state index in [1.807, 2.05) is 6.92 Å². The first-order valence-electron chi connectivity index (χ1n) is 4.39. The number of ether oxygens (including phenoxy) is 1. The SMILES string of the molecule is CCC(=O)NCN1CCOCC1. The number of amides is 1. The Bertz CT molecular complexity index is 144. The molecule has 0 aliphatic carbocycles. The van der Waals surface area contributed by atoms with Crippen molar-refractivity contribution in [3.8, 4) is 0 Å². The molecule has 0 aromatic heterocycles. The van der Waals surface area contributed by atoms with Crippen LogP contribution in [0.15, 0.2) is 0 Å². The number of nitrogens with zero attached hydrogens (tertiary/aromatic N) is 1. The molecule has 0 radical (unpaired) electrons. The van der Waals surface area contributed by atoms with Gasteiger partial charge >= 0.3 is 0 Å². The molecule has 1 fully saturated rings. The van der Waals surface area contributed by atoms with Crippen LogP contribution in [0.5, 0.6) is 0 Å². The molecule has 70 valence electrons. The van der Waals surface area contributed by atoms with Crippen LogP contribution in [0.2, 0.25) is 0 Å². The maximum atomic E-state index is 10.9. The lowest BCUT2D eigenvalue weighted by atomic mass is 10.4. The van der Waals surface area contributed by atoms with Crippen molar-refractivity contribution in [3.63, 3.8) is 0 Å². The van der Waals surface area contributed by atoms with Crippen LogP contribution in [-0.4, -0.2) is 43.8 Å². The highest BCUT2D eigenvalue weighted by Gasteiger charge is 2.09. The molecule has 1 N–H and O–H groups in total. The molecule has 12 heavy (non-hydrogen) atoms. The first-order valence-corrected chi connectivity index (χ1v) is 4.39. The van der Waals surface area contributed by atoms with Gasteiger partial charge in [0.2, 0.25) is 5.91 Å². The second-order valence-electron chi connectivity index (χ2n) is 2.84. The van der Waals surface area contributed by atoms with E-state index in [0.29, 0.717) is 13.1 Å². The molecule has 1 aliphatic rings. The van der Waals surface area contributed by atoms with Crippen molar-refractivity contribution in [2.45, 2.75) is 13.3 Å². The minimum absolute atomic E-state index is 0.112. The molecule has 1 heterocycles. The molecule has 1 aliphatic heterocycles. The van der Waals surface area contributed by atoms with Crippen molar-refractivity contribution >= 4 is 5.91 Å². The Hall–Kier alpha value is -0.610. The topological polar surface area (TPSA) is 41.6 Å². The van der Waals surface area contributed by atoms with Crippen LogP contribution in [-0.2, 0) is 9.53 Å². The van der Waals surface area contributed by atoms with E-state index < -0.39 is 0 Å². The van der Waals surface area contributed by atoms with Crippen LogP contribution in [0.4, 0.5) is 0 Å². The normalized spacial score (nSPS) is 19.1. The minimum atomic E-state index is 0.112. The molecular weight excluding hydrogens is 156 g/mol. The van der Waals surface area contributed by atoms with E-state index in [0.717, 1.165) is 26.3 Å². The molecule has 0 bridgehead atoms. The highest BCUT2D eigenvalue weighted by atomic mass is 16.5. The van der Waals surface area contributed by atoms with E-state index in [-0.39, 0.29) is 5.91 Å². The lowest BCUT2D eigenvalue weighted by molar-refractivity contribution is -0.121. The number of morpholine rings is 1. The summed E-state index contributed by atoms with van der Waals surface area (Å²) in [5.74, 6) is 0.112. The van der Waals surface area contributed by atoms with Crippen molar-refractivity contribution in [1.29, 1.82) is 0 Å². The number of rotatable bonds is 3. The van der Waals surface area contributed by atoms with Crippen LogP contribution in [0.25, 0.3) is 0 Å². The van der Waals surface area contributed by atoms with E-state index >= 15 is 0 Å². The Balaban J connectivity index is 2.09. The fourth-order valence-corrected chi connectivity index (χ4v) is 1.08. The van der Waals surface area contributed by atoms with Gasteiger partial charge in [-0.3, -0.25) is 9.69 Å². The van der Waals surface area contributed by atoms with Gasteiger partial charge in [0.05, 0.1) is 19.9 Å². The molecule has 0 saturated carbocycles. The number of hydrogen-bond acceptors (Lipinski definition) is 3. The molecule has 1 saturated heterocycles. The summed E-state index contributed by atoms with van der Waals surface area (Å²) in [5, 5.41) is 2.83. The molecule has 0 unspecified atom stereocenters. The summed E-state index contributed by atoms with van der Waals surface area (Å²) in [6.07, 6.45) is 0.560. The number of hydrogen-bond donors (Lipinski definition) is 1. The Morgan fingerprint density at radius 1 is 1.50 bits per heavy atom. The van der Waals surface area contributed by atoms with Gasteiger partial charge in [0.1, 0.15) is 0 Å². The average Bonchev–Trinajstić information content (AvgIpc) is 2.16. The van der Waals surface area contributed by atoms with Crippen LogP contribution in [0.3, 0.4) is 0 Å². The van der Waals surface area contributed by atoms with E-state index in [4.69, 9.17) is 4.74 Å². The lowest BCUT2D eigenvalue weighted by Gasteiger charge is -2.26. The van der Waals surface area contributed by atoms with Crippen molar-refractivity contribution in [3.05, 3.63) is 0 Å². The summed E-state index contributed by atoms with van der Waals surface area (Å²) < 4.78 is 5.18. The standard InChI is InChI=1S/C8H16N2O2/c1-2-8(11)9-7-10-3-5-12-6-4-10/h2-7H2,1H3,(H,9,11). The van der Waals surface area contributed by atoms with E-state index in [1.165, 1.54) is 0 Å². The third kappa shape index (κ3) is 3.19. The van der Waals surface area contributed by atoms with Gasteiger partial charge in [-0.25, -0.2) is 0 Å². The number of nitrogens with one attached hydrogen (secondary N) is 1. The third-order valence-corrected chi connectivity index (χ3v) is 1.92. The Kier molecular flexibility index (Phi) is 4.04. The molecule has 0 aromatic rings. The first kappa shape index (κ1) is 9.48. The minimum Gasteiger partial charge on any atom is -0.379 e. The van der Waals surface area contributed by atoms with E-state index in [2.05, 4.69) is 10.2 Å². The predicted octanol–water partition coefficient (Wildman–Crippen LogP) is -0.198. The van der Waals surface area contributed by atoms with Gasteiger partial charge in [0.25, 0.3) is 0 Å². The fourth-order valence-electron chi connectivity index (χ4n) is 1.08. The maximum Gasteiger partial charge on any atom is 0.220 e. The zero-order valence-electron chi connectivity index (χ0n) is 7.51. The quantitative estimate of drug-likeness (QED) is 0.641. The monoisotopic (exact) mass is 172 g/mol. The molecule has 4 heteroatoms. The number of carbonyl (C=O) groups excluding carboxylic acids is 1. The number of carbonyl (C=O) groups is 1. The highest BCUT2D eigenvalue weighted by molar-refractivity contribution is 5.75. The Labute approximate surface area is 72.9 Å². The molecule has 1 amide bonds. The summed E-state index contributed by atoms with van der Waals surface area (Å²) in [7, 11) is 0. The van der Waals surface area contributed by atoms with Crippen molar-refractivity contribution in [2.75, 3.05) is 33.0 Å². The molecule has 0 spiro atoms. The maximum absolute atomic E-state index is 10.9. The zero-order chi connectivity index (χ0) is 8.81. The smallest absolute Gasteiger partial charge is 0.220 e. The first-order chi connectivity index (χ1) is 5.83. The van der Waals surface area contributed by atoms with Crippen LogP contribution < -0.4 is 5.32 Å². The summed E-state index contributed by atoms with van der Waals surface area (Å²) >= 11 is 0. The van der Waals surface area contributed by atoms with Gasteiger partial charge in [-0.1, -0.05) is 6.92 Å². The van der Waals surface area contributed by atoms with Gasteiger partial charge in [-0.05, 0) is 0 Å². The van der Waals surface area contributed by atoms with Gasteiger partial charge in [-0.2, -0.15) is 0 Å². The second kappa shape index (κ2) is 5.11. The van der Waals surface area contributed by atoms with Gasteiger partial charge in [0, 0.05) is 19.5 Å². The highest BCUT2D eigenvalue weighted by Crippen LogP contribution is 1.93. The van der Waals surface area contributed by atoms with Crippen LogP contribution in [0, 0.1) is 0 Å². The fraction of sp³-hybridized carbons (Fsp3) is 0.875. The largest absolute Gasteiger partial charge is 0.379 e. The molecule has 1 rings (SSSR count). The average molecular weight is 172 g/mol. The van der Waals surface area contributed by atoms with Gasteiger partial charge in [0.15, 0.2) is 0 Å². The second-order valence-corrected chi connectivity index (χ2v) is 2.84. The van der Waals surface area contributed by atoms with Gasteiger partial charge in [-0.15, -0.1) is 0 Å². The van der Waals surface area contributed by atoms with Gasteiger partial charge < -0.3 is 10.1 Å². The van der Waals surface area contributed by atoms with Crippen LogP contribution in [0.1, 0.15) is 13.3 Å². The van der Waals surface area contributed by atoms with Crippen molar-refractivity contribution in [1.82, 2.24) is 10.2 Å². The van der Waals surface area contributed by atoms with Crippen molar-refractivity contribution < 1.29 is 9.53 Å². The van der Waals surface area contributed by atoms with Crippen molar-refractivity contribution in [2.24, 2.45) is 0 Å². The third-order valence-electron chi connectivity index (χ3n) is 1.92. The van der Waals surface area contributed by atoms with Crippen LogP contribution >= 0.6 is 0 Å². The summed E-state index contributed by atoms with van der Waals surface area (Å²) in [5.41, 5.74) is 0. The molecular formula is C8H16N2O2.